The van der Waals surface area contributed by atoms with Crippen LogP contribution in [0, 0.1) is 5.82 Å². The highest BCUT2D eigenvalue weighted by molar-refractivity contribution is 5.19. The second-order valence-electron chi connectivity index (χ2n) is 5.78. The summed E-state index contributed by atoms with van der Waals surface area (Å²) in [5, 5.41) is 3.64. The third-order valence-corrected chi connectivity index (χ3v) is 4.20. The van der Waals surface area contributed by atoms with Crippen LogP contribution in [0.25, 0.3) is 0 Å². The fraction of sp³-hybridized carbons (Fsp3) is 0.625. The van der Waals surface area contributed by atoms with Crippen molar-refractivity contribution in [1.82, 2.24) is 5.32 Å². The number of hydrogen-bond donors (Lipinski definition) is 1. The molecule has 106 valence electrons. The highest BCUT2D eigenvalue weighted by Gasteiger charge is 2.32. The van der Waals surface area contributed by atoms with Crippen molar-refractivity contribution in [2.24, 2.45) is 0 Å². The minimum Gasteiger partial charge on any atom is -0.375 e. The number of benzene rings is 1. The lowest BCUT2D eigenvalue weighted by molar-refractivity contribution is -0.0789. The third kappa shape index (κ3) is 3.77. The molecule has 0 aliphatic carbocycles. The van der Waals surface area contributed by atoms with Gasteiger partial charge in [0.25, 0.3) is 0 Å². The van der Waals surface area contributed by atoms with Gasteiger partial charge in [0.05, 0.1) is 5.60 Å². The minimum atomic E-state index is -0.180. The van der Waals surface area contributed by atoms with Crippen LogP contribution < -0.4 is 5.32 Å². The number of rotatable bonds is 4. The summed E-state index contributed by atoms with van der Waals surface area (Å²) in [5.74, 6) is -0.180. The topological polar surface area (TPSA) is 21.3 Å². The van der Waals surface area contributed by atoms with Crippen LogP contribution >= 0.6 is 0 Å². The van der Waals surface area contributed by atoms with Crippen LogP contribution in [0.15, 0.2) is 24.3 Å². The van der Waals surface area contributed by atoms with Gasteiger partial charge in [0.2, 0.25) is 0 Å². The molecule has 2 nitrogen and oxygen atoms in total. The van der Waals surface area contributed by atoms with Crippen molar-refractivity contribution >= 4 is 0 Å². The average molecular weight is 265 g/mol. The molecule has 0 radical (unpaired) electrons. The Balaban J connectivity index is 1.95. The van der Waals surface area contributed by atoms with Crippen LogP contribution in [-0.4, -0.2) is 18.2 Å². The van der Waals surface area contributed by atoms with Gasteiger partial charge in [-0.3, -0.25) is 0 Å². The van der Waals surface area contributed by atoms with E-state index in [-0.39, 0.29) is 17.5 Å². The highest BCUT2D eigenvalue weighted by Crippen LogP contribution is 2.29. The van der Waals surface area contributed by atoms with E-state index in [0.29, 0.717) is 6.04 Å². The zero-order valence-corrected chi connectivity index (χ0v) is 12.1. The van der Waals surface area contributed by atoms with Crippen LogP contribution in [0.2, 0.25) is 0 Å². The number of ether oxygens (including phenoxy) is 1. The molecule has 1 aromatic rings. The fourth-order valence-electron chi connectivity index (χ4n) is 2.72. The van der Waals surface area contributed by atoms with Gasteiger partial charge < -0.3 is 10.1 Å². The van der Waals surface area contributed by atoms with E-state index in [0.717, 1.165) is 31.4 Å². The van der Waals surface area contributed by atoms with E-state index < -0.39 is 0 Å². The van der Waals surface area contributed by atoms with Gasteiger partial charge >= 0.3 is 0 Å². The average Bonchev–Trinajstić information content (AvgIpc) is 2.39. The molecule has 1 N–H and O–H groups in total. The maximum Gasteiger partial charge on any atom is 0.123 e. The summed E-state index contributed by atoms with van der Waals surface area (Å²) in [7, 11) is 0. The van der Waals surface area contributed by atoms with E-state index >= 15 is 0 Å². The number of halogens is 1. The van der Waals surface area contributed by atoms with Crippen LogP contribution in [0.5, 0.6) is 0 Å². The summed E-state index contributed by atoms with van der Waals surface area (Å²) in [5.41, 5.74) is 1.13. The van der Waals surface area contributed by atoms with Crippen LogP contribution in [0.1, 0.15) is 51.6 Å². The zero-order valence-electron chi connectivity index (χ0n) is 12.1. The van der Waals surface area contributed by atoms with E-state index in [1.54, 1.807) is 0 Å². The molecule has 1 aliphatic heterocycles. The number of nitrogens with one attached hydrogen (secondary N) is 1. The molecule has 1 heterocycles. The van der Waals surface area contributed by atoms with E-state index in [2.05, 4.69) is 26.1 Å². The lowest BCUT2D eigenvalue weighted by Gasteiger charge is -2.39. The molecule has 0 bridgehead atoms. The van der Waals surface area contributed by atoms with Crippen molar-refractivity contribution < 1.29 is 9.13 Å². The van der Waals surface area contributed by atoms with Crippen LogP contribution in [0.3, 0.4) is 0 Å². The van der Waals surface area contributed by atoms with Gasteiger partial charge in [-0.15, -0.1) is 0 Å². The Bertz CT molecular complexity index is 406. The molecule has 3 atom stereocenters. The first-order chi connectivity index (χ1) is 9.02. The summed E-state index contributed by atoms with van der Waals surface area (Å²) < 4.78 is 18.8. The van der Waals surface area contributed by atoms with E-state index in [1.165, 1.54) is 12.1 Å². The van der Waals surface area contributed by atoms with Gasteiger partial charge in [-0.25, -0.2) is 4.39 Å². The molecule has 1 fully saturated rings. The molecule has 1 aliphatic rings. The molecule has 0 amide bonds. The monoisotopic (exact) mass is 265 g/mol. The first-order valence-corrected chi connectivity index (χ1v) is 7.18. The fourth-order valence-corrected chi connectivity index (χ4v) is 2.72. The predicted molar refractivity (Wildman–Crippen MR) is 75.6 cm³/mol. The predicted octanol–water partition coefficient (Wildman–Crippen LogP) is 3.82. The molecule has 0 spiro atoms. The summed E-state index contributed by atoms with van der Waals surface area (Å²) >= 11 is 0. The lowest BCUT2D eigenvalue weighted by atomic mass is 9.89. The van der Waals surface area contributed by atoms with Crippen molar-refractivity contribution in [2.75, 3.05) is 6.61 Å². The second-order valence-corrected chi connectivity index (χ2v) is 5.78. The first kappa shape index (κ1) is 14.5. The standard InChI is InChI=1S/C16H24FNO/c1-4-16(3)11-15(9-10-19-16)18-12(2)13-5-7-14(17)8-6-13/h5-8,12,15,18H,4,9-11H2,1-3H3/t12-,15?,16?/m1/s1. The van der Waals surface area contributed by atoms with Crippen molar-refractivity contribution in [1.29, 1.82) is 0 Å². The number of hydrogen-bond acceptors (Lipinski definition) is 2. The third-order valence-electron chi connectivity index (χ3n) is 4.20. The smallest absolute Gasteiger partial charge is 0.123 e. The zero-order chi connectivity index (χ0) is 13.9. The van der Waals surface area contributed by atoms with E-state index in [1.807, 2.05) is 12.1 Å². The highest BCUT2D eigenvalue weighted by atomic mass is 19.1. The van der Waals surface area contributed by atoms with Crippen molar-refractivity contribution in [2.45, 2.75) is 57.7 Å². The Labute approximate surface area is 115 Å². The Morgan fingerprint density at radius 3 is 2.74 bits per heavy atom. The maximum absolute atomic E-state index is 12.9. The SMILES string of the molecule is CCC1(C)CC(N[C@H](C)c2ccc(F)cc2)CCO1. The van der Waals surface area contributed by atoms with Crippen LogP contribution in [0.4, 0.5) is 4.39 Å². The molecule has 2 rings (SSSR count). The molecule has 1 aromatic carbocycles. The van der Waals surface area contributed by atoms with E-state index in [4.69, 9.17) is 4.74 Å². The molecular formula is C16H24FNO. The lowest BCUT2D eigenvalue weighted by Crippen LogP contribution is -2.45. The van der Waals surface area contributed by atoms with Crippen LogP contribution in [-0.2, 0) is 4.74 Å². The summed E-state index contributed by atoms with van der Waals surface area (Å²) in [6.45, 7) is 7.30. The second kappa shape index (κ2) is 6.02. The summed E-state index contributed by atoms with van der Waals surface area (Å²) in [6, 6.07) is 7.46. The minimum absolute atomic E-state index is 0.00155. The molecule has 19 heavy (non-hydrogen) atoms. The summed E-state index contributed by atoms with van der Waals surface area (Å²) in [4.78, 5) is 0. The van der Waals surface area contributed by atoms with Gasteiger partial charge in [-0.2, -0.15) is 0 Å². The molecule has 0 aromatic heterocycles. The van der Waals surface area contributed by atoms with Gasteiger partial charge in [0.1, 0.15) is 5.82 Å². The molecule has 3 heteroatoms. The molecule has 1 saturated heterocycles. The largest absolute Gasteiger partial charge is 0.375 e. The van der Waals surface area contributed by atoms with Crippen molar-refractivity contribution in [3.05, 3.63) is 35.6 Å². The molecule has 0 saturated carbocycles. The summed E-state index contributed by atoms with van der Waals surface area (Å²) in [6.07, 6.45) is 3.12. The van der Waals surface area contributed by atoms with Crippen molar-refractivity contribution in [3.63, 3.8) is 0 Å². The Kier molecular flexibility index (Phi) is 4.58. The van der Waals surface area contributed by atoms with Crippen molar-refractivity contribution in [3.8, 4) is 0 Å². The van der Waals surface area contributed by atoms with Gasteiger partial charge in [-0.1, -0.05) is 19.1 Å². The maximum atomic E-state index is 12.9. The quantitative estimate of drug-likeness (QED) is 0.893. The first-order valence-electron chi connectivity index (χ1n) is 7.18. The Morgan fingerprint density at radius 1 is 1.42 bits per heavy atom. The van der Waals surface area contributed by atoms with Gasteiger partial charge in [-0.05, 0) is 50.8 Å². The van der Waals surface area contributed by atoms with E-state index in [9.17, 15) is 4.39 Å². The van der Waals surface area contributed by atoms with Gasteiger partial charge in [0.15, 0.2) is 0 Å². The Morgan fingerprint density at radius 2 is 2.11 bits per heavy atom. The molecular weight excluding hydrogens is 241 g/mol. The Hall–Kier alpha value is -0.930. The van der Waals surface area contributed by atoms with Gasteiger partial charge in [0, 0.05) is 18.7 Å². The normalized spacial score (nSPS) is 29.2. The molecule has 2 unspecified atom stereocenters.